The van der Waals surface area contributed by atoms with E-state index in [1.165, 1.54) is 6.20 Å². The highest BCUT2D eigenvalue weighted by molar-refractivity contribution is 6.29. The average Bonchev–Trinajstić information content (AvgIpc) is 3.14. The first-order chi connectivity index (χ1) is 9.12. The van der Waals surface area contributed by atoms with Crippen LogP contribution in [-0.4, -0.2) is 33.8 Å². The Balaban J connectivity index is 1.87. The number of rotatable bonds is 4. The lowest BCUT2D eigenvalue weighted by Gasteiger charge is -2.29. The number of hydrogen-bond acceptors (Lipinski definition) is 4. The van der Waals surface area contributed by atoms with Crippen LogP contribution in [-0.2, 0) is 16.0 Å². The van der Waals surface area contributed by atoms with E-state index < -0.39 is 11.4 Å². The van der Waals surface area contributed by atoms with Crippen molar-refractivity contribution in [2.45, 2.75) is 31.8 Å². The molecule has 0 bridgehead atoms. The van der Waals surface area contributed by atoms with Crippen LogP contribution in [0.5, 0.6) is 0 Å². The molecule has 1 saturated heterocycles. The second kappa shape index (κ2) is 4.72. The number of nitrogens with zero attached hydrogens (tertiary/aromatic N) is 2. The Morgan fingerprint density at radius 2 is 2.26 bits per heavy atom. The van der Waals surface area contributed by atoms with Crippen LogP contribution in [0.1, 0.15) is 25.0 Å². The number of halogens is 1. The molecule has 1 aromatic rings. The molecule has 1 aliphatic carbocycles. The largest absolute Gasteiger partial charge is 0.481 e. The molecule has 5 nitrogen and oxygen atoms in total. The van der Waals surface area contributed by atoms with E-state index in [-0.39, 0.29) is 6.10 Å². The van der Waals surface area contributed by atoms with Crippen molar-refractivity contribution in [3.05, 3.63) is 23.2 Å². The van der Waals surface area contributed by atoms with Gasteiger partial charge in [0, 0.05) is 13.0 Å². The van der Waals surface area contributed by atoms with Crippen molar-refractivity contribution >= 4 is 17.6 Å². The third-order valence-corrected chi connectivity index (χ3v) is 4.23. The van der Waals surface area contributed by atoms with Crippen molar-refractivity contribution in [2.24, 2.45) is 11.3 Å². The van der Waals surface area contributed by atoms with Crippen molar-refractivity contribution in [3.8, 4) is 0 Å². The lowest BCUT2D eigenvalue weighted by Crippen LogP contribution is -2.42. The van der Waals surface area contributed by atoms with Gasteiger partial charge in [0.15, 0.2) is 0 Å². The first-order valence-corrected chi connectivity index (χ1v) is 6.81. The highest BCUT2D eigenvalue weighted by Crippen LogP contribution is 2.49. The number of hydrogen-bond donors (Lipinski definition) is 1. The summed E-state index contributed by atoms with van der Waals surface area (Å²) in [5.41, 5.74) is -0.202. The summed E-state index contributed by atoms with van der Waals surface area (Å²) in [6, 6.07) is 0. The number of carboxylic acid groups (broad SMARTS) is 1. The summed E-state index contributed by atoms with van der Waals surface area (Å²) in [6.07, 6.45) is 5.82. The zero-order valence-corrected chi connectivity index (χ0v) is 11.1. The van der Waals surface area contributed by atoms with Gasteiger partial charge in [-0.15, -0.1) is 0 Å². The summed E-state index contributed by atoms with van der Waals surface area (Å²) in [5.74, 6) is -0.405. The van der Waals surface area contributed by atoms with Crippen LogP contribution in [0, 0.1) is 11.3 Å². The molecule has 1 aliphatic heterocycles. The van der Waals surface area contributed by atoms with E-state index in [2.05, 4.69) is 9.97 Å². The summed E-state index contributed by atoms with van der Waals surface area (Å²) in [4.78, 5) is 19.9. The van der Waals surface area contributed by atoms with Gasteiger partial charge in [0.05, 0.1) is 24.2 Å². The molecule has 1 saturated carbocycles. The van der Waals surface area contributed by atoms with E-state index in [4.69, 9.17) is 16.3 Å². The van der Waals surface area contributed by atoms with Gasteiger partial charge < -0.3 is 9.84 Å². The summed E-state index contributed by atoms with van der Waals surface area (Å²) < 4.78 is 5.70. The predicted molar refractivity (Wildman–Crippen MR) is 67.9 cm³/mol. The van der Waals surface area contributed by atoms with Gasteiger partial charge in [0.1, 0.15) is 10.6 Å². The van der Waals surface area contributed by atoms with Crippen molar-refractivity contribution < 1.29 is 14.6 Å². The quantitative estimate of drug-likeness (QED) is 0.914. The van der Waals surface area contributed by atoms with Crippen molar-refractivity contribution in [1.82, 2.24) is 9.97 Å². The van der Waals surface area contributed by atoms with Crippen LogP contribution in [0.3, 0.4) is 0 Å². The molecule has 19 heavy (non-hydrogen) atoms. The van der Waals surface area contributed by atoms with Crippen molar-refractivity contribution in [1.29, 1.82) is 0 Å². The zero-order chi connectivity index (χ0) is 13.5. The van der Waals surface area contributed by atoms with Gasteiger partial charge in [-0.1, -0.05) is 11.6 Å². The van der Waals surface area contributed by atoms with E-state index >= 15 is 0 Å². The third-order valence-electron chi connectivity index (χ3n) is 4.04. The Morgan fingerprint density at radius 3 is 2.84 bits per heavy atom. The molecule has 2 unspecified atom stereocenters. The van der Waals surface area contributed by atoms with E-state index in [0.29, 0.717) is 36.2 Å². The Bertz CT molecular complexity index is 489. The van der Waals surface area contributed by atoms with E-state index in [1.807, 2.05) is 0 Å². The Labute approximate surface area is 116 Å². The van der Waals surface area contributed by atoms with Crippen LogP contribution in [0.15, 0.2) is 12.4 Å². The maximum atomic E-state index is 11.8. The normalized spacial score (nSPS) is 30.5. The van der Waals surface area contributed by atoms with Crippen LogP contribution >= 0.6 is 11.6 Å². The molecule has 2 fully saturated rings. The minimum atomic E-state index is -0.857. The van der Waals surface area contributed by atoms with Gasteiger partial charge in [0.25, 0.3) is 0 Å². The van der Waals surface area contributed by atoms with Gasteiger partial charge in [-0.3, -0.25) is 9.78 Å². The predicted octanol–water partition coefficient (Wildman–Crippen LogP) is 1.94. The van der Waals surface area contributed by atoms with E-state index in [9.17, 15) is 9.90 Å². The molecule has 0 spiro atoms. The van der Waals surface area contributed by atoms with E-state index in [0.717, 1.165) is 12.8 Å². The number of carbonyl (C=O) groups is 1. The first-order valence-electron chi connectivity index (χ1n) is 6.43. The van der Waals surface area contributed by atoms with Crippen LogP contribution < -0.4 is 0 Å². The maximum Gasteiger partial charge on any atom is 0.312 e. The molecule has 3 rings (SSSR count). The van der Waals surface area contributed by atoms with Crippen LogP contribution in [0.4, 0.5) is 0 Å². The summed E-state index contributed by atoms with van der Waals surface area (Å²) in [7, 11) is 0. The lowest BCUT2D eigenvalue weighted by molar-refractivity contribution is -0.153. The third kappa shape index (κ3) is 2.32. The molecule has 0 amide bonds. The minimum absolute atomic E-state index is 0.192. The molecule has 0 radical (unpaired) electrons. The van der Waals surface area contributed by atoms with Gasteiger partial charge in [0.2, 0.25) is 0 Å². The minimum Gasteiger partial charge on any atom is -0.481 e. The number of ether oxygens (including phenoxy) is 1. The molecule has 1 N–H and O–H groups in total. The lowest BCUT2D eigenvalue weighted by atomic mass is 9.75. The SMILES string of the molecule is O=C(O)C1(Cc2cnc(Cl)cn2)CCOC1C1CC1. The fraction of sp³-hybridized carbons (Fsp3) is 0.615. The maximum absolute atomic E-state index is 11.8. The second-order valence-electron chi connectivity index (χ2n) is 5.35. The fourth-order valence-electron chi connectivity index (χ4n) is 2.90. The topological polar surface area (TPSA) is 72.3 Å². The first kappa shape index (κ1) is 12.8. The summed E-state index contributed by atoms with van der Waals surface area (Å²) in [6.45, 7) is 0.508. The smallest absolute Gasteiger partial charge is 0.312 e. The molecule has 6 heteroatoms. The zero-order valence-electron chi connectivity index (χ0n) is 10.4. The second-order valence-corrected chi connectivity index (χ2v) is 5.73. The fourth-order valence-corrected chi connectivity index (χ4v) is 3.00. The highest BCUT2D eigenvalue weighted by Gasteiger charge is 2.56. The van der Waals surface area contributed by atoms with Crippen LogP contribution in [0.2, 0.25) is 5.15 Å². The Morgan fingerprint density at radius 1 is 1.47 bits per heavy atom. The number of aromatic nitrogens is 2. The summed E-state index contributed by atoms with van der Waals surface area (Å²) >= 11 is 5.70. The average molecular weight is 283 g/mol. The Hall–Kier alpha value is -1.20. The molecule has 2 heterocycles. The molecular formula is C13H15ClN2O3. The Kier molecular flexibility index (Phi) is 3.19. The molecule has 1 aromatic heterocycles. The van der Waals surface area contributed by atoms with Gasteiger partial charge in [-0.2, -0.15) is 0 Å². The van der Waals surface area contributed by atoms with Gasteiger partial charge in [-0.05, 0) is 25.2 Å². The van der Waals surface area contributed by atoms with Crippen LogP contribution in [0.25, 0.3) is 0 Å². The van der Waals surface area contributed by atoms with Crippen molar-refractivity contribution in [2.75, 3.05) is 6.61 Å². The van der Waals surface area contributed by atoms with Gasteiger partial charge >= 0.3 is 5.97 Å². The van der Waals surface area contributed by atoms with E-state index in [1.54, 1.807) is 6.20 Å². The number of carboxylic acids is 1. The molecular weight excluding hydrogens is 268 g/mol. The van der Waals surface area contributed by atoms with Crippen molar-refractivity contribution in [3.63, 3.8) is 0 Å². The highest BCUT2D eigenvalue weighted by atomic mass is 35.5. The molecule has 2 atom stereocenters. The number of aliphatic carboxylic acids is 1. The summed E-state index contributed by atoms with van der Waals surface area (Å²) in [5, 5.41) is 9.99. The van der Waals surface area contributed by atoms with Gasteiger partial charge in [-0.25, -0.2) is 4.98 Å². The monoisotopic (exact) mass is 282 g/mol. The molecule has 102 valence electrons. The standard InChI is InChI=1S/C13H15ClN2O3/c14-10-7-15-9(6-16-10)5-13(12(17)18)3-4-19-11(13)8-1-2-8/h6-8,11H,1-5H2,(H,17,18). The molecule has 0 aromatic carbocycles. The molecule has 2 aliphatic rings.